The van der Waals surface area contributed by atoms with Gasteiger partial charge in [0.25, 0.3) is 5.91 Å². The van der Waals surface area contributed by atoms with Gasteiger partial charge >= 0.3 is 0 Å². The molecule has 0 bridgehead atoms. The van der Waals surface area contributed by atoms with Gasteiger partial charge in [-0.15, -0.1) is 0 Å². The Labute approximate surface area is 112 Å². The molecule has 1 amide bonds. The van der Waals surface area contributed by atoms with Crippen molar-refractivity contribution >= 4 is 5.91 Å². The van der Waals surface area contributed by atoms with E-state index in [9.17, 15) is 15.0 Å². The molecule has 0 aromatic carbocycles. The van der Waals surface area contributed by atoms with Gasteiger partial charge in [-0.2, -0.15) is 0 Å². The molecule has 1 aliphatic carbocycles. The van der Waals surface area contributed by atoms with Gasteiger partial charge in [0, 0.05) is 6.20 Å². The lowest BCUT2D eigenvalue weighted by atomic mass is 10.0. The monoisotopic (exact) mass is 264 g/mol. The number of rotatable bonds is 2. The Morgan fingerprint density at radius 3 is 2.84 bits per heavy atom. The summed E-state index contributed by atoms with van der Waals surface area (Å²) in [6, 6.07) is 3.18. The Balaban J connectivity index is 2.07. The van der Waals surface area contributed by atoms with Gasteiger partial charge in [0.05, 0.1) is 18.2 Å². The van der Waals surface area contributed by atoms with Crippen molar-refractivity contribution in [2.24, 2.45) is 0 Å². The number of pyridine rings is 1. The first-order valence-corrected chi connectivity index (χ1v) is 6.68. The molecule has 1 fully saturated rings. The predicted octanol–water partition coefficient (Wildman–Crippen LogP) is 0.784. The molecule has 3 atom stereocenters. The molecule has 0 radical (unpaired) electrons. The van der Waals surface area contributed by atoms with E-state index in [0.717, 1.165) is 18.4 Å². The van der Waals surface area contributed by atoms with Crippen molar-refractivity contribution in [3.63, 3.8) is 0 Å². The minimum Gasteiger partial charge on any atom is -0.390 e. The maximum atomic E-state index is 12.1. The summed E-state index contributed by atoms with van der Waals surface area (Å²) in [6.07, 6.45) is 2.91. The highest BCUT2D eigenvalue weighted by Crippen LogP contribution is 2.19. The quantitative estimate of drug-likeness (QED) is 0.690. The number of carbonyl (C=O) groups excluding carboxylic acids is 1. The molecule has 1 saturated carbocycles. The van der Waals surface area contributed by atoms with Crippen molar-refractivity contribution in [3.05, 3.63) is 29.6 Å². The van der Waals surface area contributed by atoms with E-state index in [1.54, 1.807) is 12.3 Å². The summed E-state index contributed by atoms with van der Waals surface area (Å²) < 4.78 is 0. The number of aromatic nitrogens is 1. The molecular formula is C14H20N2O3. The largest absolute Gasteiger partial charge is 0.390 e. The Hall–Kier alpha value is -1.46. The molecule has 0 spiro atoms. The lowest BCUT2D eigenvalue weighted by Gasteiger charge is -2.24. The van der Waals surface area contributed by atoms with Crippen LogP contribution in [0.4, 0.5) is 0 Å². The Kier molecular flexibility index (Phi) is 4.50. The molecule has 2 rings (SSSR count). The lowest BCUT2D eigenvalue weighted by molar-refractivity contribution is -0.00129. The fraction of sp³-hybridized carbons (Fsp3) is 0.571. The minimum absolute atomic E-state index is 0.295. The predicted molar refractivity (Wildman–Crippen MR) is 70.7 cm³/mol. The molecule has 5 heteroatoms. The number of aliphatic hydroxyl groups excluding tert-OH is 2. The minimum atomic E-state index is -0.907. The average molecular weight is 264 g/mol. The van der Waals surface area contributed by atoms with E-state index in [1.165, 1.54) is 0 Å². The highest BCUT2D eigenvalue weighted by Gasteiger charge is 2.30. The fourth-order valence-electron chi connectivity index (χ4n) is 2.45. The van der Waals surface area contributed by atoms with Crippen molar-refractivity contribution in [3.8, 4) is 0 Å². The van der Waals surface area contributed by atoms with Gasteiger partial charge < -0.3 is 15.5 Å². The number of hydrogen-bond donors (Lipinski definition) is 3. The lowest BCUT2D eigenvalue weighted by Crippen LogP contribution is -2.47. The molecule has 1 aromatic rings. The van der Waals surface area contributed by atoms with Crippen LogP contribution in [0.25, 0.3) is 0 Å². The zero-order chi connectivity index (χ0) is 13.8. The van der Waals surface area contributed by atoms with E-state index < -0.39 is 18.2 Å². The van der Waals surface area contributed by atoms with E-state index >= 15 is 0 Å². The van der Waals surface area contributed by atoms with E-state index in [0.29, 0.717) is 18.5 Å². The second-order valence-electron chi connectivity index (χ2n) is 5.09. The molecule has 19 heavy (non-hydrogen) atoms. The van der Waals surface area contributed by atoms with Crippen LogP contribution in [0.2, 0.25) is 0 Å². The summed E-state index contributed by atoms with van der Waals surface area (Å²) in [4.78, 5) is 16.2. The molecule has 0 unspecified atom stereocenters. The summed E-state index contributed by atoms with van der Waals surface area (Å²) >= 11 is 0. The van der Waals surface area contributed by atoms with Crippen LogP contribution < -0.4 is 5.32 Å². The molecule has 1 aromatic heterocycles. The number of nitrogens with zero attached hydrogens (tertiary/aromatic N) is 1. The second kappa shape index (κ2) is 6.12. The van der Waals surface area contributed by atoms with Crippen LogP contribution in [0.1, 0.15) is 41.7 Å². The van der Waals surface area contributed by atoms with Crippen LogP contribution in [-0.4, -0.2) is 39.4 Å². The molecular weight excluding hydrogens is 244 g/mol. The smallest absolute Gasteiger partial charge is 0.270 e. The highest BCUT2D eigenvalue weighted by molar-refractivity contribution is 5.93. The van der Waals surface area contributed by atoms with Crippen molar-refractivity contribution in [1.82, 2.24) is 10.3 Å². The molecule has 1 heterocycles. The number of carbonyl (C=O) groups is 1. The van der Waals surface area contributed by atoms with Crippen LogP contribution in [0.3, 0.4) is 0 Å². The molecule has 0 aliphatic heterocycles. The van der Waals surface area contributed by atoms with Gasteiger partial charge in [0.1, 0.15) is 5.69 Å². The third kappa shape index (κ3) is 3.30. The first kappa shape index (κ1) is 14.0. The Morgan fingerprint density at radius 2 is 2.11 bits per heavy atom. The SMILES string of the molecule is Cc1cccnc1C(=O)N[C@@H]1CCCC[C@@H](O)[C@@H]1O. The highest BCUT2D eigenvalue weighted by atomic mass is 16.3. The second-order valence-corrected chi connectivity index (χ2v) is 5.09. The van der Waals surface area contributed by atoms with Gasteiger partial charge in [-0.25, -0.2) is 0 Å². The first-order chi connectivity index (χ1) is 9.09. The molecule has 1 aliphatic rings. The van der Waals surface area contributed by atoms with Crippen LogP contribution in [0.15, 0.2) is 18.3 Å². The van der Waals surface area contributed by atoms with Gasteiger partial charge in [-0.1, -0.05) is 18.9 Å². The van der Waals surface area contributed by atoms with Crippen LogP contribution in [0.5, 0.6) is 0 Å². The summed E-state index contributed by atoms with van der Waals surface area (Å²) in [7, 11) is 0. The van der Waals surface area contributed by atoms with E-state index in [4.69, 9.17) is 0 Å². The maximum absolute atomic E-state index is 12.1. The summed E-state index contributed by atoms with van der Waals surface area (Å²) in [5.74, 6) is -0.295. The van der Waals surface area contributed by atoms with Crippen molar-refractivity contribution in [2.45, 2.75) is 50.9 Å². The summed E-state index contributed by atoms with van der Waals surface area (Å²) in [5.41, 5.74) is 1.16. The van der Waals surface area contributed by atoms with Crippen molar-refractivity contribution in [1.29, 1.82) is 0 Å². The van der Waals surface area contributed by atoms with E-state index in [1.807, 2.05) is 13.0 Å². The summed E-state index contributed by atoms with van der Waals surface area (Å²) in [6.45, 7) is 1.82. The molecule has 3 N–H and O–H groups in total. The molecule has 5 nitrogen and oxygen atoms in total. The standard InChI is InChI=1S/C14H20N2O3/c1-9-5-4-8-15-12(9)14(19)16-10-6-2-3-7-11(17)13(10)18/h4-5,8,10-11,13,17-18H,2-3,6-7H2,1H3,(H,16,19)/t10-,11-,13-/m1/s1. The normalized spacial score (nSPS) is 27.6. The van der Waals surface area contributed by atoms with Gasteiger partial charge in [-0.05, 0) is 31.4 Å². The van der Waals surface area contributed by atoms with E-state index in [2.05, 4.69) is 10.3 Å². The van der Waals surface area contributed by atoms with Gasteiger partial charge in [-0.3, -0.25) is 9.78 Å². The van der Waals surface area contributed by atoms with E-state index in [-0.39, 0.29) is 5.91 Å². The Bertz CT molecular complexity index is 450. The van der Waals surface area contributed by atoms with Crippen LogP contribution in [-0.2, 0) is 0 Å². The maximum Gasteiger partial charge on any atom is 0.270 e. The zero-order valence-electron chi connectivity index (χ0n) is 11.0. The van der Waals surface area contributed by atoms with Crippen LogP contribution in [0, 0.1) is 6.92 Å². The average Bonchev–Trinajstić information content (AvgIpc) is 2.55. The topological polar surface area (TPSA) is 82.5 Å². The number of aliphatic hydroxyl groups is 2. The number of hydrogen-bond acceptors (Lipinski definition) is 4. The first-order valence-electron chi connectivity index (χ1n) is 6.68. The third-order valence-electron chi connectivity index (χ3n) is 3.61. The fourth-order valence-corrected chi connectivity index (χ4v) is 2.45. The number of aryl methyl sites for hydroxylation is 1. The van der Waals surface area contributed by atoms with Crippen molar-refractivity contribution in [2.75, 3.05) is 0 Å². The number of amides is 1. The zero-order valence-corrected chi connectivity index (χ0v) is 11.0. The third-order valence-corrected chi connectivity index (χ3v) is 3.61. The number of nitrogens with one attached hydrogen (secondary N) is 1. The van der Waals surface area contributed by atoms with Gasteiger partial charge in [0.2, 0.25) is 0 Å². The van der Waals surface area contributed by atoms with Crippen LogP contribution >= 0.6 is 0 Å². The summed E-state index contributed by atoms with van der Waals surface area (Å²) in [5, 5.41) is 22.5. The van der Waals surface area contributed by atoms with Crippen molar-refractivity contribution < 1.29 is 15.0 Å². The Morgan fingerprint density at radius 1 is 1.37 bits per heavy atom. The molecule has 0 saturated heterocycles. The molecule has 104 valence electrons. The van der Waals surface area contributed by atoms with Gasteiger partial charge in [0.15, 0.2) is 0 Å².